The van der Waals surface area contributed by atoms with E-state index in [4.69, 9.17) is 9.84 Å². The van der Waals surface area contributed by atoms with Crippen LogP contribution in [0.2, 0.25) is 0 Å². The summed E-state index contributed by atoms with van der Waals surface area (Å²) in [5.74, 6) is -0.437. The predicted octanol–water partition coefficient (Wildman–Crippen LogP) is 11.9. The number of benzene rings is 2. The van der Waals surface area contributed by atoms with Gasteiger partial charge in [0.05, 0.1) is 50.4 Å². The van der Waals surface area contributed by atoms with Crippen LogP contribution in [0.15, 0.2) is 83.1 Å². The molecule has 15 nitrogen and oxygen atoms in total. The Morgan fingerprint density at radius 1 is 0.704 bits per heavy atom. The third-order valence-electron chi connectivity index (χ3n) is 10.9. The lowest BCUT2D eigenvalue weighted by Gasteiger charge is -2.30. The van der Waals surface area contributed by atoms with E-state index in [1.807, 2.05) is 59.3 Å². The summed E-state index contributed by atoms with van der Waals surface area (Å²) in [6.07, 6.45) is 4.17. The van der Waals surface area contributed by atoms with E-state index >= 15 is 0 Å². The molecule has 3 heterocycles. The van der Waals surface area contributed by atoms with E-state index in [1.54, 1.807) is 67.2 Å². The Labute approximate surface area is 451 Å². The van der Waals surface area contributed by atoms with Crippen molar-refractivity contribution in [2.24, 2.45) is 5.92 Å². The second-order valence-electron chi connectivity index (χ2n) is 18.6. The molecule has 2 atom stereocenters. The fourth-order valence-electron chi connectivity index (χ4n) is 6.76. The summed E-state index contributed by atoms with van der Waals surface area (Å²) in [7, 11) is 3.33. The first kappa shape index (κ1) is 64.0. The minimum atomic E-state index is -1.30. The average Bonchev–Trinajstić information content (AvgIpc) is 4.09. The van der Waals surface area contributed by atoms with Crippen molar-refractivity contribution < 1.29 is 33.8 Å². The number of hydrogen-bond donors (Lipinski definition) is 4. The van der Waals surface area contributed by atoms with Crippen LogP contribution in [0, 0.1) is 5.92 Å². The fraction of sp³-hybridized carbons (Fsp3) is 0.500. The normalized spacial score (nSPS) is 11.8. The van der Waals surface area contributed by atoms with Crippen LogP contribution in [0.3, 0.4) is 0 Å². The van der Waals surface area contributed by atoms with Crippen LogP contribution in [0.5, 0.6) is 0 Å². The van der Waals surface area contributed by atoms with Gasteiger partial charge in [-0.05, 0) is 70.4 Å². The molecular formula is C52H77IN8O7S3. The van der Waals surface area contributed by atoms with Crippen molar-refractivity contribution in [1.29, 1.82) is 0 Å². The van der Waals surface area contributed by atoms with E-state index in [2.05, 4.69) is 70.7 Å². The number of hydrogen-bond acceptors (Lipinski definition) is 12. The molecule has 0 saturated carbocycles. The molecule has 0 bridgehead atoms. The number of nitrogens with zero attached hydrogens (tertiary/aromatic N) is 5. The third-order valence-corrected chi connectivity index (χ3v) is 14.1. The Morgan fingerprint density at radius 3 is 1.62 bits per heavy atom. The lowest BCUT2D eigenvalue weighted by molar-refractivity contribution is -0.143. The number of alkyl carbamates (subject to hydrolysis) is 1. The Kier molecular flexibility index (Phi) is 27.8. The second-order valence-corrected chi connectivity index (χ2v) is 21.4. The van der Waals surface area contributed by atoms with E-state index in [1.165, 1.54) is 30.1 Å². The number of aliphatic carboxylic acids is 1. The smallest absolute Gasteiger partial charge is 0.407 e. The molecule has 0 aliphatic rings. The lowest BCUT2D eigenvalue weighted by Crippen LogP contribution is -2.53. The number of aromatic nitrogens is 3. The van der Waals surface area contributed by atoms with Crippen LogP contribution < -0.4 is 16.0 Å². The first-order valence-electron chi connectivity index (χ1n) is 22.7. The molecule has 0 saturated heterocycles. The second kappa shape index (κ2) is 30.8. The summed E-state index contributed by atoms with van der Waals surface area (Å²) in [4.78, 5) is 79.7. The largest absolute Gasteiger partial charge is 0.480 e. The van der Waals surface area contributed by atoms with Crippen LogP contribution in [0.4, 0.5) is 14.4 Å². The number of Topliss-reactive ketones (excluding diaryl/α,β-unsaturated/α-hetero) is 1. The first-order valence-corrected chi connectivity index (χ1v) is 25.4. The number of ketones is 1. The fourth-order valence-corrected chi connectivity index (χ4v) is 8.92. The van der Waals surface area contributed by atoms with Crippen molar-refractivity contribution in [2.45, 2.75) is 151 Å². The summed E-state index contributed by atoms with van der Waals surface area (Å²) in [5.41, 5.74) is 3.22. The molecule has 0 spiro atoms. The molecule has 5 amide bonds. The maximum Gasteiger partial charge on any atom is 0.407 e. The number of urea groups is 2. The Balaban J connectivity index is 0.000000926. The summed E-state index contributed by atoms with van der Waals surface area (Å²) >= 11 is 4.60. The van der Waals surface area contributed by atoms with Crippen LogP contribution in [-0.2, 0) is 46.9 Å². The molecule has 3 aromatic heterocycles. The lowest BCUT2D eigenvalue weighted by atomic mass is 9.84. The molecule has 0 fully saturated rings. The number of carboxylic acid groups (broad SMARTS) is 1. The number of carbonyl (C=O) groups excluding carboxylic acids is 4. The van der Waals surface area contributed by atoms with Crippen LogP contribution in [0.1, 0.15) is 139 Å². The summed E-state index contributed by atoms with van der Waals surface area (Å²) in [6, 6.07) is 19.2. The molecular weight excluding hydrogens is 1070 g/mol. The molecule has 2 aromatic carbocycles. The molecule has 19 heteroatoms. The zero-order valence-electron chi connectivity index (χ0n) is 41.3. The van der Waals surface area contributed by atoms with Gasteiger partial charge in [-0.3, -0.25) is 9.78 Å². The van der Waals surface area contributed by atoms with Crippen molar-refractivity contribution in [3.05, 3.63) is 121 Å². The van der Waals surface area contributed by atoms with Crippen LogP contribution >= 0.6 is 58.0 Å². The van der Waals surface area contributed by atoms with Gasteiger partial charge in [0.1, 0.15) is 12.1 Å². The number of ether oxygens (including phenoxy) is 1. The number of nitrogens with one attached hydrogen (secondary N) is 3. The molecule has 0 radical (unpaired) electrons. The molecule has 0 unspecified atom stereocenters. The topological polar surface area (TPSA) is 196 Å². The number of thiazole rings is 3. The number of carboxylic acids is 1. The Morgan fingerprint density at radius 2 is 1.18 bits per heavy atom. The van der Waals surface area contributed by atoms with Crippen molar-refractivity contribution in [3.8, 4) is 0 Å². The molecule has 4 N–H and O–H groups in total. The highest BCUT2D eigenvalue weighted by molar-refractivity contribution is 14.0. The molecule has 0 aliphatic carbocycles. The number of rotatable bonds is 22. The summed E-state index contributed by atoms with van der Waals surface area (Å²) in [6.45, 7) is 15.6. The van der Waals surface area contributed by atoms with Crippen LogP contribution in [-0.4, -0.2) is 91.0 Å². The quantitative estimate of drug-likeness (QED) is 0.0484. The molecule has 392 valence electrons. The average molecular weight is 1150 g/mol. The van der Waals surface area contributed by atoms with Gasteiger partial charge in [-0.2, -0.15) is 0 Å². The standard InChI is InChI=1S/C37H47N5O4S2.C13H21N3O3S.2CH4.HI/c1-26(2)34-39-31(24-47-34)22-42(5)35(44)41-37(3,4)33(43)20-29(18-27-12-8-6-9-13-27)16-17-30(19-28-14-10-7-11-15-28)40-36(45)46-23-32-21-38-25-48-32;1-8(2)10-14-9(7-20-10)6-16(5)12(19)15-13(3,4)11(17)18;;;/h6-15,21,24-26,29-30H,16-20,22-23H2,1-5H3,(H,40,45)(H,41,44);7-8H,6H2,1-5H3,(H,15,19)(H,17,18);2*1H4;1H/t29-,30-;;;;/m1..../s1. The summed E-state index contributed by atoms with van der Waals surface area (Å²) in [5, 5.41) is 23.4. The van der Waals surface area contributed by atoms with Gasteiger partial charge in [-0.25, -0.2) is 29.1 Å². The monoisotopic (exact) mass is 1150 g/mol. The van der Waals surface area contributed by atoms with Gasteiger partial charge in [0, 0.05) is 55.4 Å². The van der Waals surface area contributed by atoms with Crippen LogP contribution in [0.25, 0.3) is 0 Å². The zero-order valence-corrected chi connectivity index (χ0v) is 46.1. The van der Waals surface area contributed by atoms with Gasteiger partial charge >= 0.3 is 24.1 Å². The van der Waals surface area contributed by atoms with Crippen molar-refractivity contribution in [3.63, 3.8) is 0 Å². The van der Waals surface area contributed by atoms with Crippen molar-refractivity contribution in [2.75, 3.05) is 14.1 Å². The number of carbonyl (C=O) groups is 5. The van der Waals surface area contributed by atoms with E-state index in [0.717, 1.165) is 37.4 Å². The number of amides is 5. The molecule has 0 aliphatic heterocycles. The van der Waals surface area contributed by atoms with Gasteiger partial charge in [-0.15, -0.1) is 58.0 Å². The SMILES string of the molecule is C.C.CC(C)c1nc(CN(C)C(=O)NC(C)(C)C(=O)C[C@H](CC[C@H](Cc2ccccc2)NC(=O)OCc2cncs2)Cc2ccccc2)cs1.CC(C)c1nc(CN(C)C(=O)NC(C)(C)C(=O)O)cs1.I. The zero-order chi connectivity index (χ0) is 50.0. The van der Waals surface area contributed by atoms with Gasteiger partial charge in [0.15, 0.2) is 5.78 Å². The third kappa shape index (κ3) is 22.1. The van der Waals surface area contributed by atoms with Gasteiger partial charge in [0.25, 0.3) is 0 Å². The van der Waals surface area contributed by atoms with Gasteiger partial charge in [0.2, 0.25) is 0 Å². The van der Waals surface area contributed by atoms with Crippen molar-refractivity contribution in [1.82, 2.24) is 40.7 Å². The Bertz CT molecular complexity index is 2360. The highest BCUT2D eigenvalue weighted by atomic mass is 127. The highest BCUT2D eigenvalue weighted by Crippen LogP contribution is 2.25. The maximum atomic E-state index is 13.8. The Hall–Kier alpha value is -4.99. The minimum Gasteiger partial charge on any atom is -0.480 e. The minimum absolute atomic E-state index is 0. The van der Waals surface area contributed by atoms with E-state index in [0.29, 0.717) is 50.6 Å². The summed E-state index contributed by atoms with van der Waals surface area (Å²) < 4.78 is 5.49. The maximum absolute atomic E-state index is 13.8. The first-order chi connectivity index (χ1) is 32.1. The highest BCUT2D eigenvalue weighted by Gasteiger charge is 2.33. The molecule has 5 rings (SSSR count). The van der Waals surface area contributed by atoms with Gasteiger partial charge < -0.3 is 35.6 Å². The van der Waals surface area contributed by atoms with E-state index in [-0.39, 0.29) is 75.6 Å². The van der Waals surface area contributed by atoms with Crippen molar-refractivity contribution >= 4 is 87.9 Å². The molecule has 71 heavy (non-hydrogen) atoms. The van der Waals surface area contributed by atoms with Gasteiger partial charge in [-0.1, -0.05) is 103 Å². The predicted molar refractivity (Wildman–Crippen MR) is 299 cm³/mol. The van der Waals surface area contributed by atoms with E-state index in [9.17, 15) is 24.0 Å². The number of halogens is 1. The van der Waals surface area contributed by atoms with E-state index < -0.39 is 29.2 Å². The molecule has 5 aromatic rings.